The molecule has 3 aliphatic rings. The van der Waals surface area contributed by atoms with E-state index in [1.165, 1.54) is 18.4 Å². The molecule has 1 fully saturated rings. The highest BCUT2D eigenvalue weighted by atomic mass is 16.2. The molecule has 3 aliphatic carbocycles. The van der Waals surface area contributed by atoms with Crippen LogP contribution in [0.5, 0.6) is 0 Å². The number of nitrogens with one attached hydrogen (secondary N) is 1. The highest BCUT2D eigenvalue weighted by Gasteiger charge is 2.51. The SMILES string of the molecule is CC(C)CN(CC1=CCC2CC1C2(C)C)C(=O)Nc1ccccc1. The Morgan fingerprint density at radius 3 is 2.58 bits per heavy atom. The summed E-state index contributed by atoms with van der Waals surface area (Å²) in [6.07, 6.45) is 4.87. The van der Waals surface area contributed by atoms with Crippen LogP contribution in [0, 0.1) is 23.2 Å². The molecule has 2 unspecified atom stereocenters. The van der Waals surface area contributed by atoms with Crippen LogP contribution in [0.4, 0.5) is 10.5 Å². The molecule has 1 N–H and O–H groups in total. The fraction of sp³-hybridized carbons (Fsp3) is 0.571. The van der Waals surface area contributed by atoms with Crippen LogP contribution in [-0.4, -0.2) is 24.0 Å². The standard InChI is InChI=1S/C21H30N2O/c1-15(2)13-23(20(24)22-18-8-6-5-7-9-18)14-16-10-11-17-12-19(16)21(17,3)4/h5-10,15,17,19H,11-14H2,1-4H3,(H,22,24). The van der Waals surface area contributed by atoms with E-state index in [1.54, 1.807) is 0 Å². The highest BCUT2D eigenvalue weighted by Crippen LogP contribution is 2.59. The number of anilines is 1. The average molecular weight is 326 g/mol. The van der Waals surface area contributed by atoms with E-state index in [2.05, 4.69) is 39.1 Å². The lowest BCUT2D eigenvalue weighted by Gasteiger charge is -2.57. The fourth-order valence-electron chi connectivity index (χ4n) is 4.26. The largest absolute Gasteiger partial charge is 0.322 e. The monoisotopic (exact) mass is 326 g/mol. The van der Waals surface area contributed by atoms with Crippen LogP contribution in [0.15, 0.2) is 42.0 Å². The molecule has 0 radical (unpaired) electrons. The Morgan fingerprint density at radius 2 is 2.00 bits per heavy atom. The predicted octanol–water partition coefficient (Wildman–Crippen LogP) is 5.17. The van der Waals surface area contributed by atoms with Gasteiger partial charge >= 0.3 is 6.03 Å². The molecule has 130 valence electrons. The number of hydrogen-bond acceptors (Lipinski definition) is 1. The van der Waals surface area contributed by atoms with E-state index >= 15 is 0 Å². The molecule has 24 heavy (non-hydrogen) atoms. The second kappa shape index (κ2) is 6.62. The number of hydrogen-bond donors (Lipinski definition) is 1. The Balaban J connectivity index is 1.70. The minimum atomic E-state index is 0.00931. The first-order chi connectivity index (χ1) is 11.4. The number of benzene rings is 1. The summed E-state index contributed by atoms with van der Waals surface area (Å²) >= 11 is 0. The maximum absolute atomic E-state index is 12.8. The number of rotatable bonds is 5. The Morgan fingerprint density at radius 1 is 1.29 bits per heavy atom. The van der Waals surface area contributed by atoms with Gasteiger partial charge in [-0.15, -0.1) is 0 Å². The summed E-state index contributed by atoms with van der Waals surface area (Å²) in [6.45, 7) is 10.7. The van der Waals surface area contributed by atoms with Crippen LogP contribution in [0.2, 0.25) is 0 Å². The lowest BCUT2D eigenvalue weighted by Crippen LogP contribution is -2.50. The Kier molecular flexibility index (Phi) is 4.71. The summed E-state index contributed by atoms with van der Waals surface area (Å²) in [4.78, 5) is 14.8. The van der Waals surface area contributed by atoms with Crippen LogP contribution >= 0.6 is 0 Å². The molecule has 3 nitrogen and oxygen atoms in total. The molecule has 3 heteroatoms. The van der Waals surface area contributed by atoms with E-state index in [4.69, 9.17) is 0 Å². The third kappa shape index (κ3) is 3.35. The summed E-state index contributed by atoms with van der Waals surface area (Å²) < 4.78 is 0. The van der Waals surface area contributed by atoms with Gasteiger partial charge in [-0.05, 0) is 48.1 Å². The van der Waals surface area contributed by atoms with Crippen LogP contribution in [-0.2, 0) is 0 Å². The maximum Gasteiger partial charge on any atom is 0.322 e. The summed E-state index contributed by atoms with van der Waals surface area (Å²) in [5.74, 6) is 1.94. The molecule has 1 aromatic carbocycles. The van der Waals surface area contributed by atoms with Gasteiger partial charge in [0.1, 0.15) is 0 Å². The second-order valence-corrected chi connectivity index (χ2v) is 8.39. The van der Waals surface area contributed by atoms with E-state index in [-0.39, 0.29) is 6.03 Å². The number of fused-ring (bicyclic) bond motifs is 1. The van der Waals surface area contributed by atoms with Crippen molar-refractivity contribution in [2.24, 2.45) is 23.2 Å². The van der Waals surface area contributed by atoms with Gasteiger partial charge in [0.05, 0.1) is 0 Å². The molecule has 0 aliphatic heterocycles. The number of urea groups is 1. The van der Waals surface area contributed by atoms with E-state index < -0.39 is 0 Å². The van der Waals surface area contributed by atoms with Crippen molar-refractivity contribution in [3.63, 3.8) is 0 Å². The number of carbonyl (C=O) groups is 1. The van der Waals surface area contributed by atoms with Gasteiger partial charge in [0.2, 0.25) is 0 Å². The Labute approximate surface area is 146 Å². The van der Waals surface area contributed by atoms with Crippen LogP contribution in [0.3, 0.4) is 0 Å². The molecule has 2 atom stereocenters. The van der Waals surface area contributed by atoms with Crippen molar-refractivity contribution in [3.05, 3.63) is 42.0 Å². The molecular weight excluding hydrogens is 296 g/mol. The van der Waals surface area contributed by atoms with Crippen molar-refractivity contribution in [2.45, 2.75) is 40.5 Å². The zero-order valence-corrected chi connectivity index (χ0v) is 15.4. The van der Waals surface area contributed by atoms with Crippen molar-refractivity contribution in [1.82, 2.24) is 4.90 Å². The predicted molar refractivity (Wildman–Crippen MR) is 99.9 cm³/mol. The Hall–Kier alpha value is -1.77. The summed E-state index contributed by atoms with van der Waals surface area (Å²) in [5.41, 5.74) is 2.73. The highest BCUT2D eigenvalue weighted by molar-refractivity contribution is 5.89. The van der Waals surface area contributed by atoms with Crippen LogP contribution in [0.1, 0.15) is 40.5 Å². The van der Waals surface area contributed by atoms with Crippen LogP contribution in [0.25, 0.3) is 0 Å². The first kappa shape index (κ1) is 17.1. The molecule has 0 aromatic heterocycles. The van der Waals surface area contributed by atoms with E-state index in [0.717, 1.165) is 24.7 Å². The topological polar surface area (TPSA) is 32.3 Å². The van der Waals surface area contributed by atoms with Gasteiger partial charge in [0.15, 0.2) is 0 Å². The zero-order chi connectivity index (χ0) is 17.3. The van der Waals surface area contributed by atoms with Gasteiger partial charge in [-0.3, -0.25) is 0 Å². The van der Waals surface area contributed by atoms with Crippen molar-refractivity contribution in [3.8, 4) is 0 Å². The molecule has 4 rings (SSSR count). The molecule has 0 heterocycles. The third-order valence-corrected chi connectivity index (χ3v) is 5.85. The lowest BCUT2D eigenvalue weighted by atomic mass is 9.49. The molecule has 2 amide bonds. The number of para-hydroxylation sites is 1. The van der Waals surface area contributed by atoms with Gasteiger partial charge in [-0.1, -0.05) is 57.5 Å². The quantitative estimate of drug-likeness (QED) is 0.744. The molecule has 2 bridgehead atoms. The maximum atomic E-state index is 12.8. The van der Waals surface area contributed by atoms with Gasteiger partial charge in [-0.25, -0.2) is 4.79 Å². The smallest absolute Gasteiger partial charge is 0.320 e. The van der Waals surface area contributed by atoms with Gasteiger partial charge in [0, 0.05) is 18.8 Å². The van der Waals surface area contributed by atoms with Crippen molar-refractivity contribution < 1.29 is 4.79 Å². The van der Waals surface area contributed by atoms with Crippen molar-refractivity contribution >= 4 is 11.7 Å². The van der Waals surface area contributed by atoms with Crippen molar-refractivity contribution in [2.75, 3.05) is 18.4 Å². The summed E-state index contributed by atoms with van der Waals surface area (Å²) in [6, 6.07) is 9.74. The molecule has 1 aromatic rings. The zero-order valence-electron chi connectivity index (χ0n) is 15.4. The van der Waals surface area contributed by atoms with E-state index in [1.807, 2.05) is 35.2 Å². The number of carbonyl (C=O) groups excluding carboxylic acids is 1. The normalized spacial score (nSPS) is 24.1. The minimum Gasteiger partial charge on any atom is -0.320 e. The minimum absolute atomic E-state index is 0.00931. The van der Waals surface area contributed by atoms with Crippen molar-refractivity contribution in [1.29, 1.82) is 0 Å². The lowest BCUT2D eigenvalue weighted by molar-refractivity contribution is -0.00968. The van der Waals surface area contributed by atoms with E-state index in [0.29, 0.717) is 17.3 Å². The average Bonchev–Trinajstić information content (AvgIpc) is 2.54. The summed E-state index contributed by atoms with van der Waals surface area (Å²) in [5, 5.41) is 3.05. The molecule has 1 saturated carbocycles. The third-order valence-electron chi connectivity index (χ3n) is 5.85. The first-order valence-electron chi connectivity index (χ1n) is 9.18. The number of allylic oxidation sites excluding steroid dienone is 1. The first-order valence-corrected chi connectivity index (χ1v) is 9.18. The molecular formula is C21H30N2O. The summed E-state index contributed by atoms with van der Waals surface area (Å²) in [7, 11) is 0. The molecule has 0 saturated heterocycles. The van der Waals surface area contributed by atoms with Crippen LogP contribution < -0.4 is 5.32 Å². The van der Waals surface area contributed by atoms with Gasteiger partial charge in [0.25, 0.3) is 0 Å². The Bertz CT molecular complexity index is 618. The number of amides is 2. The number of nitrogens with zero attached hydrogens (tertiary/aromatic N) is 1. The van der Waals surface area contributed by atoms with E-state index in [9.17, 15) is 4.79 Å². The van der Waals surface area contributed by atoms with Gasteiger partial charge in [-0.2, -0.15) is 0 Å². The van der Waals surface area contributed by atoms with Gasteiger partial charge < -0.3 is 10.2 Å². The molecule has 0 spiro atoms. The fourth-order valence-corrected chi connectivity index (χ4v) is 4.26. The second-order valence-electron chi connectivity index (χ2n) is 8.39.